The molecule has 0 bridgehead atoms. The van der Waals surface area contributed by atoms with E-state index in [-0.39, 0.29) is 5.91 Å². The second-order valence-electron chi connectivity index (χ2n) is 5.68. The van der Waals surface area contributed by atoms with E-state index in [1.807, 2.05) is 53.4 Å². The zero-order valence-electron chi connectivity index (χ0n) is 13.5. The summed E-state index contributed by atoms with van der Waals surface area (Å²) in [6.45, 7) is 1.85. The van der Waals surface area contributed by atoms with Gasteiger partial charge in [0.05, 0.1) is 12.3 Å². The highest BCUT2D eigenvalue weighted by Gasteiger charge is 2.18. The molecule has 24 heavy (non-hydrogen) atoms. The van der Waals surface area contributed by atoms with Crippen LogP contribution in [0.5, 0.6) is 0 Å². The molecule has 1 saturated heterocycles. The molecule has 0 radical (unpaired) electrons. The van der Waals surface area contributed by atoms with Gasteiger partial charge in [0.25, 0.3) is 0 Å². The summed E-state index contributed by atoms with van der Waals surface area (Å²) < 4.78 is 0. The quantitative estimate of drug-likeness (QED) is 0.796. The number of amides is 1. The minimum Gasteiger partial charge on any atom is -0.339 e. The van der Waals surface area contributed by atoms with Crippen molar-refractivity contribution in [3.05, 3.63) is 72.1 Å². The van der Waals surface area contributed by atoms with Crippen molar-refractivity contribution in [2.75, 3.05) is 13.1 Å². The van der Waals surface area contributed by atoms with E-state index in [0.29, 0.717) is 19.6 Å². The normalized spacial score (nSPS) is 14.9. The van der Waals surface area contributed by atoms with E-state index in [9.17, 15) is 4.79 Å². The molecule has 1 N–H and O–H groups in total. The molecule has 2 aromatic rings. The lowest BCUT2D eigenvalue weighted by Crippen LogP contribution is -2.25. The van der Waals surface area contributed by atoms with Crippen LogP contribution in [0.15, 0.2) is 60.9 Å². The van der Waals surface area contributed by atoms with Crippen molar-refractivity contribution in [2.45, 2.75) is 19.4 Å². The van der Waals surface area contributed by atoms with Crippen LogP contribution in [0.1, 0.15) is 24.0 Å². The van der Waals surface area contributed by atoms with Crippen molar-refractivity contribution in [2.24, 2.45) is 0 Å². The number of nitrogens with zero attached hydrogens (tertiary/aromatic N) is 2. The Hall–Kier alpha value is -2.66. The number of carbonyl (C=O) groups is 1. The van der Waals surface area contributed by atoms with Crippen LogP contribution in [0.2, 0.25) is 0 Å². The van der Waals surface area contributed by atoms with Gasteiger partial charge in [0.2, 0.25) is 5.91 Å². The largest absolute Gasteiger partial charge is 0.339 e. The van der Waals surface area contributed by atoms with E-state index < -0.39 is 0 Å². The van der Waals surface area contributed by atoms with Gasteiger partial charge in [0, 0.05) is 37.5 Å². The molecule has 1 fully saturated rings. The van der Waals surface area contributed by atoms with E-state index in [0.717, 1.165) is 29.8 Å². The topological polar surface area (TPSA) is 54.5 Å². The Morgan fingerprint density at radius 3 is 2.83 bits per heavy atom. The fourth-order valence-electron chi connectivity index (χ4n) is 2.61. The molecule has 0 spiro atoms. The molecule has 0 saturated carbocycles. The highest BCUT2D eigenvalue weighted by Crippen LogP contribution is 2.14. The molecule has 0 aliphatic carbocycles. The van der Waals surface area contributed by atoms with Crippen LogP contribution in [-0.4, -0.2) is 28.9 Å². The second kappa shape index (κ2) is 8.26. The van der Waals surface area contributed by atoms with E-state index in [1.165, 1.54) is 0 Å². The lowest BCUT2D eigenvalue weighted by molar-refractivity contribution is -0.127. The van der Waals surface area contributed by atoms with E-state index in [2.05, 4.69) is 10.5 Å². The number of benzene rings is 1. The van der Waals surface area contributed by atoms with Crippen molar-refractivity contribution in [1.29, 1.82) is 0 Å². The van der Waals surface area contributed by atoms with Crippen molar-refractivity contribution >= 4 is 11.6 Å². The molecule has 2 heterocycles. The van der Waals surface area contributed by atoms with Crippen LogP contribution in [0.4, 0.5) is 0 Å². The third-order valence-corrected chi connectivity index (χ3v) is 3.92. The first kappa shape index (κ1) is 16.2. The number of aromatic nitrogens is 1. The van der Waals surface area contributed by atoms with Gasteiger partial charge >= 0.3 is 0 Å². The maximum atomic E-state index is 11.8. The van der Waals surface area contributed by atoms with Gasteiger partial charge < -0.3 is 4.90 Å². The number of hydroxylamine groups is 1. The summed E-state index contributed by atoms with van der Waals surface area (Å²) in [5, 5.41) is 0. The molecule has 3 rings (SSSR count). The highest BCUT2D eigenvalue weighted by molar-refractivity contribution is 5.78. The molecule has 0 unspecified atom stereocenters. The lowest BCUT2D eigenvalue weighted by atomic mass is 10.2. The van der Waals surface area contributed by atoms with E-state index in [4.69, 9.17) is 4.84 Å². The van der Waals surface area contributed by atoms with Gasteiger partial charge in [-0.05, 0) is 30.2 Å². The molecule has 0 atom stereocenters. The first-order chi connectivity index (χ1) is 11.8. The van der Waals surface area contributed by atoms with Gasteiger partial charge in [-0.15, -0.1) is 0 Å². The van der Waals surface area contributed by atoms with Crippen molar-refractivity contribution in [3.63, 3.8) is 0 Å². The number of hydrogen-bond acceptors (Lipinski definition) is 4. The average Bonchev–Trinajstić information content (AvgIpc) is 3.04. The second-order valence-corrected chi connectivity index (χ2v) is 5.68. The Balaban J connectivity index is 1.64. The summed E-state index contributed by atoms with van der Waals surface area (Å²) in [7, 11) is 0. The van der Waals surface area contributed by atoms with Gasteiger partial charge in [-0.25, -0.2) is 0 Å². The molecule has 1 aliphatic heterocycles. The Labute approximate surface area is 141 Å². The Bertz CT molecular complexity index is 686. The third kappa shape index (κ3) is 4.43. The fourth-order valence-corrected chi connectivity index (χ4v) is 2.61. The first-order valence-corrected chi connectivity index (χ1v) is 8.13. The summed E-state index contributed by atoms with van der Waals surface area (Å²) in [5.74, 6) is 0.210. The van der Waals surface area contributed by atoms with Crippen molar-refractivity contribution in [1.82, 2.24) is 15.4 Å². The van der Waals surface area contributed by atoms with Crippen LogP contribution >= 0.6 is 0 Å². The van der Waals surface area contributed by atoms with Crippen molar-refractivity contribution < 1.29 is 9.63 Å². The summed E-state index contributed by atoms with van der Waals surface area (Å²) in [6.07, 6.45) is 7.07. The standard InChI is InChI=1S/C19H21N3O2/c23-19-9-5-12-22(19)13-10-18(17-8-4-11-20-14-17)21-24-15-16-6-2-1-3-7-16/h1-4,6-8,10-11,14,21H,5,9,12-13,15H2. The SMILES string of the molecule is O=C1CCCN1CC=C(NOCc1ccccc1)c1cccnc1. The molecular formula is C19H21N3O2. The summed E-state index contributed by atoms with van der Waals surface area (Å²) in [6, 6.07) is 13.8. The Morgan fingerprint density at radius 1 is 1.25 bits per heavy atom. The van der Waals surface area contributed by atoms with Gasteiger partial charge in [0.15, 0.2) is 0 Å². The zero-order chi connectivity index (χ0) is 16.6. The van der Waals surface area contributed by atoms with Crippen LogP contribution in [-0.2, 0) is 16.2 Å². The molecule has 124 valence electrons. The highest BCUT2D eigenvalue weighted by atomic mass is 16.6. The number of carbonyl (C=O) groups excluding carboxylic acids is 1. The Morgan fingerprint density at radius 2 is 2.12 bits per heavy atom. The fraction of sp³-hybridized carbons (Fsp3) is 0.263. The third-order valence-electron chi connectivity index (χ3n) is 3.92. The maximum Gasteiger partial charge on any atom is 0.222 e. The lowest BCUT2D eigenvalue weighted by Gasteiger charge is -2.16. The van der Waals surface area contributed by atoms with Crippen LogP contribution in [0.3, 0.4) is 0 Å². The van der Waals surface area contributed by atoms with Gasteiger partial charge in [-0.2, -0.15) is 0 Å². The molecule has 5 heteroatoms. The molecule has 1 aromatic heterocycles. The van der Waals surface area contributed by atoms with E-state index >= 15 is 0 Å². The molecular weight excluding hydrogens is 302 g/mol. The molecule has 5 nitrogen and oxygen atoms in total. The van der Waals surface area contributed by atoms with Crippen LogP contribution in [0, 0.1) is 0 Å². The van der Waals surface area contributed by atoms with Crippen LogP contribution < -0.4 is 5.48 Å². The minimum atomic E-state index is 0.210. The van der Waals surface area contributed by atoms with Crippen molar-refractivity contribution in [3.8, 4) is 0 Å². The smallest absolute Gasteiger partial charge is 0.222 e. The molecule has 1 amide bonds. The van der Waals surface area contributed by atoms with Gasteiger partial charge in [-0.3, -0.25) is 20.1 Å². The predicted octanol–water partition coefficient (Wildman–Crippen LogP) is 2.77. The zero-order valence-corrected chi connectivity index (χ0v) is 13.5. The summed E-state index contributed by atoms with van der Waals surface area (Å²) in [5.41, 5.74) is 5.84. The minimum absolute atomic E-state index is 0.210. The average molecular weight is 323 g/mol. The molecule has 1 aliphatic rings. The number of pyridine rings is 1. The van der Waals surface area contributed by atoms with E-state index in [1.54, 1.807) is 12.4 Å². The predicted molar refractivity (Wildman–Crippen MR) is 92.4 cm³/mol. The number of likely N-dealkylation sites (tertiary alicyclic amines) is 1. The number of rotatable bonds is 7. The summed E-state index contributed by atoms with van der Waals surface area (Å²) in [4.78, 5) is 23.4. The van der Waals surface area contributed by atoms with Gasteiger partial charge in [-0.1, -0.05) is 30.3 Å². The van der Waals surface area contributed by atoms with Crippen LogP contribution in [0.25, 0.3) is 5.70 Å². The number of nitrogens with one attached hydrogen (secondary N) is 1. The Kier molecular flexibility index (Phi) is 5.58. The number of hydrogen-bond donors (Lipinski definition) is 1. The first-order valence-electron chi connectivity index (χ1n) is 8.13. The monoisotopic (exact) mass is 323 g/mol. The summed E-state index contributed by atoms with van der Waals surface area (Å²) >= 11 is 0. The maximum absolute atomic E-state index is 11.8. The van der Waals surface area contributed by atoms with Gasteiger partial charge in [0.1, 0.15) is 0 Å². The molecule has 1 aromatic carbocycles.